The van der Waals surface area contributed by atoms with E-state index >= 15 is 0 Å². The third kappa shape index (κ3) is 2.55. The first-order valence-corrected chi connectivity index (χ1v) is 8.06. The average molecular weight is 343 g/mol. The van der Waals surface area contributed by atoms with E-state index in [2.05, 4.69) is 20.3 Å². The van der Waals surface area contributed by atoms with Crippen molar-refractivity contribution in [2.45, 2.75) is 0 Å². The molecule has 4 aromatic rings. The number of hydrogen-bond donors (Lipinski definition) is 1. The van der Waals surface area contributed by atoms with Crippen LogP contribution >= 0.6 is 0 Å². The summed E-state index contributed by atoms with van der Waals surface area (Å²) in [5.41, 5.74) is 2.55. The number of nitrogens with zero attached hydrogens (tertiary/aromatic N) is 4. The highest BCUT2D eigenvalue weighted by molar-refractivity contribution is 5.91. The lowest BCUT2D eigenvalue weighted by atomic mass is 10.2. The van der Waals surface area contributed by atoms with Crippen molar-refractivity contribution in [3.63, 3.8) is 0 Å². The maximum Gasteiger partial charge on any atom is 0.231 e. The molecule has 0 fully saturated rings. The minimum Gasteiger partial charge on any atom is -0.454 e. The molecular weight excluding hydrogens is 330 g/mol. The van der Waals surface area contributed by atoms with Gasteiger partial charge in [-0.25, -0.2) is 9.97 Å². The van der Waals surface area contributed by atoms with Crippen LogP contribution in [0.3, 0.4) is 0 Å². The predicted molar refractivity (Wildman–Crippen MR) is 96.4 cm³/mol. The van der Waals surface area contributed by atoms with Crippen molar-refractivity contribution in [2.75, 3.05) is 12.1 Å². The Labute approximate surface area is 148 Å². The number of aromatic nitrogens is 4. The number of fused-ring (bicyclic) bond motifs is 2. The van der Waals surface area contributed by atoms with Gasteiger partial charge in [0.05, 0.1) is 10.9 Å². The quantitative estimate of drug-likeness (QED) is 0.609. The van der Waals surface area contributed by atoms with Gasteiger partial charge in [0, 0.05) is 42.1 Å². The van der Waals surface area contributed by atoms with E-state index < -0.39 is 0 Å². The summed E-state index contributed by atoms with van der Waals surface area (Å²) in [5.74, 6) is 2.74. The lowest BCUT2D eigenvalue weighted by molar-refractivity contribution is 0.174. The van der Waals surface area contributed by atoms with Crippen LogP contribution in [-0.4, -0.2) is 26.7 Å². The number of ether oxygens (including phenoxy) is 2. The molecular formula is C19H13N5O2. The number of nitrogens with one attached hydrogen (secondary N) is 1. The van der Waals surface area contributed by atoms with Gasteiger partial charge in [-0.15, -0.1) is 0 Å². The lowest BCUT2D eigenvalue weighted by Gasteiger charge is -2.11. The average Bonchev–Trinajstić information content (AvgIpc) is 3.16. The van der Waals surface area contributed by atoms with Crippen LogP contribution < -0.4 is 14.8 Å². The Morgan fingerprint density at radius 1 is 0.846 bits per heavy atom. The van der Waals surface area contributed by atoms with Crippen LogP contribution in [0.15, 0.2) is 61.2 Å². The highest BCUT2D eigenvalue weighted by Crippen LogP contribution is 2.35. The zero-order chi connectivity index (χ0) is 17.3. The van der Waals surface area contributed by atoms with E-state index in [0.29, 0.717) is 17.4 Å². The lowest BCUT2D eigenvalue weighted by Crippen LogP contribution is -2.00. The van der Waals surface area contributed by atoms with E-state index in [1.54, 1.807) is 24.8 Å². The maximum atomic E-state index is 5.44. The fourth-order valence-electron chi connectivity index (χ4n) is 2.81. The molecule has 5 rings (SSSR count). The van der Waals surface area contributed by atoms with Crippen molar-refractivity contribution in [1.82, 2.24) is 19.9 Å². The van der Waals surface area contributed by atoms with Crippen LogP contribution in [0.4, 0.5) is 11.5 Å². The summed E-state index contributed by atoms with van der Waals surface area (Å²) in [6, 6.07) is 11.3. The number of anilines is 2. The van der Waals surface area contributed by atoms with E-state index in [-0.39, 0.29) is 6.79 Å². The van der Waals surface area contributed by atoms with E-state index in [0.717, 1.165) is 27.9 Å². The smallest absolute Gasteiger partial charge is 0.231 e. The first-order chi connectivity index (χ1) is 12.9. The molecule has 1 aliphatic rings. The maximum absolute atomic E-state index is 5.44. The van der Waals surface area contributed by atoms with Crippen LogP contribution in [0.5, 0.6) is 11.5 Å². The summed E-state index contributed by atoms with van der Waals surface area (Å²) in [6.45, 7) is 0.241. The zero-order valence-corrected chi connectivity index (χ0v) is 13.6. The molecule has 7 heteroatoms. The van der Waals surface area contributed by atoms with Crippen LogP contribution in [0.1, 0.15) is 0 Å². The van der Waals surface area contributed by atoms with Gasteiger partial charge in [-0.3, -0.25) is 9.97 Å². The van der Waals surface area contributed by atoms with Gasteiger partial charge < -0.3 is 14.8 Å². The minimum absolute atomic E-state index is 0.241. The third-order valence-electron chi connectivity index (χ3n) is 4.07. The van der Waals surface area contributed by atoms with Gasteiger partial charge in [0.1, 0.15) is 5.82 Å². The topological polar surface area (TPSA) is 82.1 Å². The molecule has 0 amide bonds. The molecule has 26 heavy (non-hydrogen) atoms. The molecule has 0 aliphatic carbocycles. The van der Waals surface area contributed by atoms with E-state index in [4.69, 9.17) is 14.5 Å². The Hall–Kier alpha value is -3.74. The highest BCUT2D eigenvalue weighted by atomic mass is 16.7. The van der Waals surface area contributed by atoms with Crippen LogP contribution in [0.2, 0.25) is 0 Å². The van der Waals surface area contributed by atoms with Gasteiger partial charge in [-0.1, -0.05) is 0 Å². The van der Waals surface area contributed by atoms with Gasteiger partial charge in [-0.05, 0) is 30.3 Å². The van der Waals surface area contributed by atoms with Gasteiger partial charge in [0.15, 0.2) is 17.3 Å². The van der Waals surface area contributed by atoms with Crippen molar-refractivity contribution >= 4 is 22.4 Å². The fourth-order valence-corrected chi connectivity index (χ4v) is 2.81. The molecule has 0 atom stereocenters. The third-order valence-corrected chi connectivity index (χ3v) is 4.07. The van der Waals surface area contributed by atoms with E-state index in [1.165, 1.54) is 0 Å². The Morgan fingerprint density at radius 2 is 1.69 bits per heavy atom. The molecule has 0 saturated heterocycles. The van der Waals surface area contributed by atoms with Crippen molar-refractivity contribution < 1.29 is 9.47 Å². The Morgan fingerprint density at radius 3 is 2.62 bits per heavy atom. The van der Waals surface area contributed by atoms with Crippen LogP contribution in [-0.2, 0) is 0 Å². The Balaban J connectivity index is 1.62. The molecule has 3 aromatic heterocycles. The highest BCUT2D eigenvalue weighted by Gasteiger charge is 2.15. The first kappa shape index (κ1) is 14.6. The molecule has 126 valence electrons. The van der Waals surface area contributed by atoms with Crippen molar-refractivity contribution in [2.24, 2.45) is 0 Å². The second-order valence-corrected chi connectivity index (χ2v) is 5.72. The molecule has 7 nitrogen and oxygen atoms in total. The van der Waals surface area contributed by atoms with Gasteiger partial charge in [0.2, 0.25) is 6.79 Å². The summed E-state index contributed by atoms with van der Waals surface area (Å²) in [6.07, 6.45) is 6.91. The van der Waals surface area contributed by atoms with Gasteiger partial charge >= 0.3 is 0 Å². The largest absolute Gasteiger partial charge is 0.454 e. The van der Waals surface area contributed by atoms with Crippen LogP contribution in [0, 0.1) is 0 Å². The number of pyridine rings is 2. The molecule has 0 unspecified atom stereocenters. The molecule has 1 aromatic carbocycles. The standard InChI is InChI=1S/C19H13N5O2/c1-2-16-17(26-11-25-16)9-13(1)22-19-14-10-21-8-5-15(14)23-18(24-19)12-3-6-20-7-4-12/h1-10H,11H2,(H,22,23,24). The van der Waals surface area contributed by atoms with Crippen molar-refractivity contribution in [1.29, 1.82) is 0 Å². The minimum atomic E-state index is 0.241. The van der Waals surface area contributed by atoms with Crippen LogP contribution in [0.25, 0.3) is 22.3 Å². The second-order valence-electron chi connectivity index (χ2n) is 5.72. The van der Waals surface area contributed by atoms with E-state index in [9.17, 15) is 0 Å². The summed E-state index contributed by atoms with van der Waals surface area (Å²) in [4.78, 5) is 17.6. The Bertz CT molecular complexity index is 1100. The molecule has 0 spiro atoms. The predicted octanol–water partition coefficient (Wildman–Crippen LogP) is 3.56. The molecule has 4 heterocycles. The molecule has 0 radical (unpaired) electrons. The molecule has 1 N–H and O–H groups in total. The molecule has 0 bridgehead atoms. The number of benzene rings is 1. The van der Waals surface area contributed by atoms with Gasteiger partial charge in [0.25, 0.3) is 0 Å². The second kappa shape index (κ2) is 5.96. The Kier molecular flexibility index (Phi) is 3.35. The number of rotatable bonds is 3. The first-order valence-electron chi connectivity index (χ1n) is 8.06. The van der Waals surface area contributed by atoms with Crippen molar-refractivity contribution in [3.8, 4) is 22.9 Å². The molecule has 1 aliphatic heterocycles. The summed E-state index contributed by atoms with van der Waals surface area (Å²) in [7, 11) is 0. The summed E-state index contributed by atoms with van der Waals surface area (Å²) >= 11 is 0. The normalized spacial score (nSPS) is 12.3. The van der Waals surface area contributed by atoms with Crippen molar-refractivity contribution in [3.05, 3.63) is 61.2 Å². The zero-order valence-electron chi connectivity index (χ0n) is 13.6. The SMILES string of the molecule is c1cc(-c2nc(Nc3ccc4c(c3)OCO4)c3cnccc3n2)ccn1. The summed E-state index contributed by atoms with van der Waals surface area (Å²) in [5, 5.41) is 4.18. The summed E-state index contributed by atoms with van der Waals surface area (Å²) < 4.78 is 10.8. The molecule has 0 saturated carbocycles. The van der Waals surface area contributed by atoms with E-state index in [1.807, 2.05) is 36.4 Å². The monoisotopic (exact) mass is 343 g/mol. The van der Waals surface area contributed by atoms with Gasteiger partial charge in [-0.2, -0.15) is 0 Å². The fraction of sp³-hybridized carbons (Fsp3) is 0.0526. The number of hydrogen-bond acceptors (Lipinski definition) is 7.